The Bertz CT molecular complexity index is 1030. The number of anilines is 2. The van der Waals surface area contributed by atoms with Gasteiger partial charge in [0.1, 0.15) is 23.6 Å². The normalized spacial score (nSPS) is 13.6. The number of urea groups is 1. The Kier molecular flexibility index (Phi) is 6.16. The summed E-state index contributed by atoms with van der Waals surface area (Å²) in [5.74, 6) is 2.37. The highest BCUT2D eigenvalue weighted by molar-refractivity contribution is 5.89. The highest BCUT2D eigenvalue weighted by Crippen LogP contribution is 2.24. The molecule has 0 saturated carbocycles. The molecule has 8 nitrogen and oxygen atoms in total. The zero-order valence-electron chi connectivity index (χ0n) is 17.6. The van der Waals surface area contributed by atoms with E-state index in [1.165, 1.54) is 0 Å². The molecule has 1 aliphatic heterocycles. The number of carbonyl (C=O) groups excluding carboxylic acids is 1. The number of amides is 2. The van der Waals surface area contributed by atoms with E-state index in [1.807, 2.05) is 53.4 Å². The van der Waals surface area contributed by atoms with Crippen LogP contribution in [-0.4, -0.2) is 61.3 Å². The Morgan fingerprint density at radius 1 is 0.903 bits per heavy atom. The van der Waals surface area contributed by atoms with Gasteiger partial charge in [-0.2, -0.15) is 0 Å². The lowest BCUT2D eigenvalue weighted by Gasteiger charge is -2.35. The molecule has 8 heteroatoms. The quantitative estimate of drug-likeness (QED) is 0.682. The van der Waals surface area contributed by atoms with Gasteiger partial charge in [0.25, 0.3) is 0 Å². The lowest BCUT2D eigenvalue weighted by Crippen LogP contribution is -2.50. The highest BCUT2D eigenvalue weighted by atomic mass is 16.5. The predicted octanol–water partition coefficient (Wildman–Crippen LogP) is 3.51. The largest absolute Gasteiger partial charge is 0.497 e. The minimum Gasteiger partial charge on any atom is -0.497 e. The summed E-state index contributed by atoms with van der Waals surface area (Å²) in [5, 5.41) is 2.93. The molecular weight excluding hydrogens is 394 g/mol. The fraction of sp³-hybridized carbons (Fsp3) is 0.261. The molecule has 0 bridgehead atoms. The van der Waals surface area contributed by atoms with Gasteiger partial charge in [0.05, 0.1) is 19.9 Å². The van der Waals surface area contributed by atoms with Crippen LogP contribution < -0.4 is 19.7 Å². The lowest BCUT2D eigenvalue weighted by molar-refractivity contribution is 0.208. The Hall–Kier alpha value is -3.81. The molecule has 4 rings (SSSR count). The number of nitrogens with one attached hydrogen (secondary N) is 1. The first-order valence-corrected chi connectivity index (χ1v) is 10.1. The summed E-state index contributed by atoms with van der Waals surface area (Å²) < 4.78 is 10.4. The van der Waals surface area contributed by atoms with Crippen LogP contribution in [0.1, 0.15) is 0 Å². The average molecular weight is 419 g/mol. The Morgan fingerprint density at radius 3 is 2.35 bits per heavy atom. The van der Waals surface area contributed by atoms with Gasteiger partial charge >= 0.3 is 6.03 Å². The number of aromatic nitrogens is 2. The van der Waals surface area contributed by atoms with Crippen LogP contribution in [0.5, 0.6) is 11.5 Å². The first-order chi connectivity index (χ1) is 15.2. The number of hydrogen-bond acceptors (Lipinski definition) is 6. The van der Waals surface area contributed by atoms with Crippen molar-refractivity contribution in [3.05, 3.63) is 60.9 Å². The highest BCUT2D eigenvalue weighted by Gasteiger charge is 2.22. The molecular formula is C23H25N5O3. The van der Waals surface area contributed by atoms with Gasteiger partial charge in [0.2, 0.25) is 0 Å². The third kappa shape index (κ3) is 4.85. The number of rotatable bonds is 5. The molecule has 2 amide bonds. The topological polar surface area (TPSA) is 79.8 Å². The first-order valence-electron chi connectivity index (χ1n) is 10.1. The van der Waals surface area contributed by atoms with Gasteiger partial charge < -0.3 is 24.6 Å². The van der Waals surface area contributed by atoms with Crippen LogP contribution in [0.4, 0.5) is 16.3 Å². The number of carbonyl (C=O) groups is 1. The number of piperazine rings is 1. The second kappa shape index (κ2) is 9.34. The lowest BCUT2D eigenvalue weighted by atomic mass is 10.1. The summed E-state index contributed by atoms with van der Waals surface area (Å²) >= 11 is 0. The zero-order chi connectivity index (χ0) is 21.6. The molecule has 0 atom stereocenters. The molecule has 160 valence electrons. The van der Waals surface area contributed by atoms with Crippen LogP contribution in [0.15, 0.2) is 60.9 Å². The summed E-state index contributed by atoms with van der Waals surface area (Å²) in [6.07, 6.45) is 1.58. The molecule has 1 saturated heterocycles. The van der Waals surface area contributed by atoms with Gasteiger partial charge in [-0.1, -0.05) is 6.07 Å². The van der Waals surface area contributed by atoms with E-state index in [2.05, 4.69) is 20.2 Å². The predicted molar refractivity (Wildman–Crippen MR) is 120 cm³/mol. The summed E-state index contributed by atoms with van der Waals surface area (Å²) in [5.41, 5.74) is 2.57. The van der Waals surface area contributed by atoms with E-state index in [0.717, 1.165) is 22.8 Å². The van der Waals surface area contributed by atoms with Gasteiger partial charge in [0.15, 0.2) is 0 Å². The van der Waals surface area contributed by atoms with Crippen molar-refractivity contribution in [1.82, 2.24) is 14.9 Å². The van der Waals surface area contributed by atoms with Crippen LogP contribution in [0.25, 0.3) is 11.3 Å². The fourth-order valence-electron chi connectivity index (χ4n) is 3.48. The van der Waals surface area contributed by atoms with E-state index in [9.17, 15) is 4.79 Å². The van der Waals surface area contributed by atoms with Crippen molar-refractivity contribution in [3.8, 4) is 22.8 Å². The summed E-state index contributed by atoms with van der Waals surface area (Å²) in [6.45, 7) is 2.62. The van der Waals surface area contributed by atoms with Gasteiger partial charge in [0, 0.05) is 49.6 Å². The summed E-state index contributed by atoms with van der Waals surface area (Å²) in [7, 11) is 3.25. The SMILES string of the molecule is COc1ccc(-c2cc(N3CCN(C(=O)Nc4cccc(OC)c4)CC3)ncn2)cc1. The van der Waals surface area contributed by atoms with Crippen LogP contribution in [0.2, 0.25) is 0 Å². The number of benzene rings is 2. The molecule has 2 aromatic carbocycles. The van der Waals surface area contributed by atoms with Crippen molar-refractivity contribution >= 4 is 17.5 Å². The molecule has 0 spiro atoms. The van der Waals surface area contributed by atoms with Crippen molar-refractivity contribution in [2.24, 2.45) is 0 Å². The van der Waals surface area contributed by atoms with E-state index >= 15 is 0 Å². The second-order valence-electron chi connectivity index (χ2n) is 7.13. The third-order valence-electron chi connectivity index (χ3n) is 5.25. The average Bonchev–Trinajstić information content (AvgIpc) is 2.84. The monoisotopic (exact) mass is 419 g/mol. The second-order valence-corrected chi connectivity index (χ2v) is 7.13. The van der Waals surface area contributed by atoms with Crippen LogP contribution in [0.3, 0.4) is 0 Å². The maximum Gasteiger partial charge on any atom is 0.321 e. The number of hydrogen-bond donors (Lipinski definition) is 1. The van der Waals surface area contributed by atoms with E-state index < -0.39 is 0 Å². The van der Waals surface area contributed by atoms with Crippen molar-refractivity contribution in [2.75, 3.05) is 50.6 Å². The standard InChI is InChI=1S/C23H25N5O3/c1-30-19-8-6-17(7-9-19)21-15-22(25-16-24-21)27-10-12-28(13-11-27)23(29)26-18-4-3-5-20(14-18)31-2/h3-9,14-16H,10-13H2,1-2H3,(H,26,29). The smallest absolute Gasteiger partial charge is 0.321 e. The minimum atomic E-state index is -0.116. The third-order valence-corrected chi connectivity index (χ3v) is 5.25. The van der Waals surface area contributed by atoms with Crippen LogP contribution in [-0.2, 0) is 0 Å². The van der Waals surface area contributed by atoms with Crippen molar-refractivity contribution in [2.45, 2.75) is 0 Å². The number of nitrogens with zero attached hydrogens (tertiary/aromatic N) is 4. The van der Waals surface area contributed by atoms with Gasteiger partial charge in [-0.3, -0.25) is 0 Å². The van der Waals surface area contributed by atoms with Gasteiger partial charge in [-0.25, -0.2) is 14.8 Å². The van der Waals surface area contributed by atoms with Crippen LogP contribution in [0, 0.1) is 0 Å². The van der Waals surface area contributed by atoms with E-state index in [1.54, 1.807) is 26.6 Å². The Balaban J connectivity index is 1.37. The molecule has 1 aromatic heterocycles. The summed E-state index contributed by atoms with van der Waals surface area (Å²) in [4.78, 5) is 25.4. The molecule has 0 unspecified atom stereocenters. The van der Waals surface area contributed by atoms with Crippen LogP contribution >= 0.6 is 0 Å². The van der Waals surface area contributed by atoms with Gasteiger partial charge in [-0.05, 0) is 36.4 Å². The number of methoxy groups -OCH3 is 2. The summed E-state index contributed by atoms with van der Waals surface area (Å²) in [6, 6.07) is 17.0. The molecule has 1 N–H and O–H groups in total. The van der Waals surface area contributed by atoms with E-state index in [-0.39, 0.29) is 6.03 Å². The maximum absolute atomic E-state index is 12.6. The van der Waals surface area contributed by atoms with E-state index in [0.29, 0.717) is 37.6 Å². The zero-order valence-corrected chi connectivity index (χ0v) is 17.6. The molecule has 1 fully saturated rings. The molecule has 0 aliphatic carbocycles. The Morgan fingerprint density at radius 2 is 1.65 bits per heavy atom. The van der Waals surface area contributed by atoms with Gasteiger partial charge in [-0.15, -0.1) is 0 Å². The number of ether oxygens (including phenoxy) is 2. The van der Waals surface area contributed by atoms with Crippen molar-refractivity contribution in [3.63, 3.8) is 0 Å². The first kappa shape index (κ1) is 20.5. The maximum atomic E-state index is 12.6. The van der Waals surface area contributed by atoms with Crippen molar-refractivity contribution in [1.29, 1.82) is 0 Å². The molecule has 1 aliphatic rings. The molecule has 2 heterocycles. The fourth-order valence-corrected chi connectivity index (χ4v) is 3.48. The Labute approximate surface area is 181 Å². The van der Waals surface area contributed by atoms with E-state index in [4.69, 9.17) is 9.47 Å². The molecule has 3 aromatic rings. The molecule has 31 heavy (non-hydrogen) atoms. The minimum absolute atomic E-state index is 0.116. The van der Waals surface area contributed by atoms with Crippen molar-refractivity contribution < 1.29 is 14.3 Å². The molecule has 0 radical (unpaired) electrons.